The number of rotatable bonds is 8. The molecule has 0 aromatic heterocycles. The molecule has 0 aliphatic carbocycles. The van der Waals surface area contributed by atoms with Crippen molar-refractivity contribution < 1.29 is 19.1 Å². The molecule has 3 unspecified atom stereocenters. The SMILES string of the molecule is O=C1CCC(N2Cc3cc(OC4CN(Cc5ccccc5)CCC4NCc4ccccc4Cl)ccc3C2=O)C(=O)N1. The summed E-state index contributed by atoms with van der Waals surface area (Å²) in [6.07, 6.45) is 1.35. The smallest absolute Gasteiger partial charge is 0.255 e. The lowest BCUT2D eigenvalue weighted by molar-refractivity contribution is -0.136. The molecule has 2 N–H and O–H groups in total. The number of fused-ring (bicyclic) bond motifs is 1. The van der Waals surface area contributed by atoms with Crippen molar-refractivity contribution in [2.45, 2.75) is 57.1 Å². The third-order valence-electron chi connectivity index (χ3n) is 8.19. The molecule has 3 atom stereocenters. The van der Waals surface area contributed by atoms with Crippen LogP contribution in [0.5, 0.6) is 5.75 Å². The number of nitrogens with zero attached hydrogens (tertiary/aromatic N) is 2. The molecule has 0 bridgehead atoms. The van der Waals surface area contributed by atoms with Crippen molar-refractivity contribution in [3.8, 4) is 5.75 Å². The number of benzene rings is 3. The van der Waals surface area contributed by atoms with Crippen molar-refractivity contribution in [2.75, 3.05) is 13.1 Å². The summed E-state index contributed by atoms with van der Waals surface area (Å²) in [7, 11) is 0. The van der Waals surface area contributed by atoms with Crippen molar-refractivity contribution >= 4 is 29.3 Å². The van der Waals surface area contributed by atoms with Crippen LogP contribution in [-0.2, 0) is 29.2 Å². The number of amides is 3. The van der Waals surface area contributed by atoms with E-state index in [4.69, 9.17) is 16.3 Å². The first-order chi connectivity index (χ1) is 19.9. The van der Waals surface area contributed by atoms with E-state index >= 15 is 0 Å². The van der Waals surface area contributed by atoms with Gasteiger partial charge in [-0.3, -0.25) is 24.6 Å². The third kappa shape index (κ3) is 6.15. The van der Waals surface area contributed by atoms with Crippen LogP contribution in [0, 0.1) is 0 Å². The summed E-state index contributed by atoms with van der Waals surface area (Å²) in [5, 5.41) is 6.78. The standard InChI is InChI=1S/C32H33ClN4O4/c33-26-9-5-4-8-22(26)17-34-27-14-15-36(18-21-6-2-1-3-7-21)20-29(27)41-24-10-11-25-23(16-24)19-37(32(25)40)28-12-13-30(38)35-31(28)39/h1-11,16,27-29,34H,12-15,17-20H2,(H,35,38,39). The predicted octanol–water partition coefficient (Wildman–Crippen LogP) is 3.91. The van der Waals surface area contributed by atoms with Crippen LogP contribution in [-0.4, -0.2) is 58.8 Å². The van der Waals surface area contributed by atoms with Gasteiger partial charge in [0.2, 0.25) is 11.8 Å². The molecule has 3 aliphatic heterocycles. The Balaban J connectivity index is 1.17. The first kappa shape index (κ1) is 27.4. The molecule has 3 heterocycles. The van der Waals surface area contributed by atoms with Crippen LogP contribution < -0.4 is 15.4 Å². The number of halogens is 1. The first-order valence-electron chi connectivity index (χ1n) is 14.1. The maximum atomic E-state index is 13.1. The average molecular weight is 573 g/mol. The molecule has 3 amide bonds. The lowest BCUT2D eigenvalue weighted by atomic mass is 10.00. The van der Waals surface area contributed by atoms with Crippen molar-refractivity contribution in [2.24, 2.45) is 0 Å². The Kier molecular flexibility index (Phi) is 8.05. The van der Waals surface area contributed by atoms with Gasteiger partial charge in [-0.15, -0.1) is 0 Å². The van der Waals surface area contributed by atoms with E-state index in [9.17, 15) is 14.4 Å². The molecule has 2 fully saturated rings. The molecule has 3 aliphatic rings. The molecule has 8 nitrogen and oxygen atoms in total. The molecule has 0 radical (unpaired) electrons. The lowest BCUT2D eigenvalue weighted by Gasteiger charge is -2.39. The maximum Gasteiger partial charge on any atom is 0.255 e. The number of likely N-dealkylation sites (tertiary alicyclic amines) is 1. The molecule has 212 valence electrons. The molecule has 6 rings (SSSR count). The quantitative estimate of drug-likeness (QED) is 0.398. The van der Waals surface area contributed by atoms with Crippen LogP contribution in [0.15, 0.2) is 72.8 Å². The second kappa shape index (κ2) is 12.0. The minimum absolute atomic E-state index is 0.105. The topological polar surface area (TPSA) is 91.0 Å². The molecule has 41 heavy (non-hydrogen) atoms. The van der Waals surface area contributed by atoms with Gasteiger partial charge >= 0.3 is 0 Å². The van der Waals surface area contributed by atoms with Gasteiger partial charge in [0.1, 0.15) is 17.9 Å². The second-order valence-corrected chi connectivity index (χ2v) is 11.4. The van der Waals surface area contributed by atoms with E-state index in [2.05, 4.69) is 39.8 Å². The van der Waals surface area contributed by atoms with Crippen LogP contribution in [0.4, 0.5) is 0 Å². The van der Waals surface area contributed by atoms with Crippen LogP contribution in [0.25, 0.3) is 0 Å². The molecule has 9 heteroatoms. The van der Waals surface area contributed by atoms with Crippen molar-refractivity contribution in [1.29, 1.82) is 0 Å². The van der Waals surface area contributed by atoms with E-state index < -0.39 is 11.9 Å². The minimum atomic E-state index is -0.639. The van der Waals surface area contributed by atoms with Gasteiger partial charge in [0.15, 0.2) is 0 Å². The maximum absolute atomic E-state index is 13.1. The molecule has 3 aromatic carbocycles. The Morgan fingerprint density at radius 2 is 1.78 bits per heavy atom. The Morgan fingerprint density at radius 3 is 2.59 bits per heavy atom. The number of ether oxygens (including phenoxy) is 1. The summed E-state index contributed by atoms with van der Waals surface area (Å²) in [6.45, 7) is 3.48. The fourth-order valence-electron chi connectivity index (χ4n) is 6.00. The molecule has 2 saturated heterocycles. The van der Waals surface area contributed by atoms with Gasteiger partial charge in [-0.2, -0.15) is 0 Å². The van der Waals surface area contributed by atoms with Crippen molar-refractivity contribution in [3.05, 3.63) is 100 Å². The highest BCUT2D eigenvalue weighted by Crippen LogP contribution is 2.31. The normalized spacial score (nSPS) is 22.9. The number of piperidine rings is 2. The van der Waals surface area contributed by atoms with Crippen molar-refractivity contribution in [3.63, 3.8) is 0 Å². The van der Waals surface area contributed by atoms with E-state index in [1.165, 1.54) is 5.56 Å². The van der Waals surface area contributed by atoms with Gasteiger partial charge < -0.3 is 15.0 Å². The summed E-state index contributed by atoms with van der Waals surface area (Å²) >= 11 is 6.42. The number of nitrogens with one attached hydrogen (secondary N) is 2. The summed E-state index contributed by atoms with van der Waals surface area (Å²) in [5.74, 6) is -0.200. The van der Waals surface area contributed by atoms with Crippen LogP contribution in [0.2, 0.25) is 5.02 Å². The van der Waals surface area contributed by atoms with Gasteiger partial charge in [0.25, 0.3) is 5.91 Å². The van der Waals surface area contributed by atoms with E-state index in [1.54, 1.807) is 11.0 Å². The van der Waals surface area contributed by atoms with E-state index in [-0.39, 0.29) is 30.4 Å². The minimum Gasteiger partial charge on any atom is -0.487 e. The number of hydrogen-bond acceptors (Lipinski definition) is 6. The summed E-state index contributed by atoms with van der Waals surface area (Å²) in [5.41, 5.74) is 3.71. The second-order valence-electron chi connectivity index (χ2n) is 11.0. The Bertz CT molecular complexity index is 1450. The highest BCUT2D eigenvalue weighted by Gasteiger charge is 2.39. The van der Waals surface area contributed by atoms with Gasteiger partial charge in [-0.05, 0) is 53.8 Å². The highest BCUT2D eigenvalue weighted by molar-refractivity contribution is 6.31. The van der Waals surface area contributed by atoms with Crippen LogP contribution >= 0.6 is 11.6 Å². The zero-order valence-corrected chi connectivity index (χ0v) is 23.5. The van der Waals surface area contributed by atoms with Gasteiger partial charge in [-0.1, -0.05) is 60.1 Å². The number of carbonyl (C=O) groups excluding carboxylic acids is 3. The monoisotopic (exact) mass is 572 g/mol. The molecular formula is C32H33ClN4O4. The molecule has 3 aromatic rings. The first-order valence-corrected chi connectivity index (χ1v) is 14.5. The zero-order chi connectivity index (χ0) is 28.3. The largest absolute Gasteiger partial charge is 0.487 e. The van der Waals surface area contributed by atoms with Crippen LogP contribution in [0.3, 0.4) is 0 Å². The molecule has 0 saturated carbocycles. The number of hydrogen-bond donors (Lipinski definition) is 2. The third-order valence-corrected chi connectivity index (χ3v) is 8.56. The van der Waals surface area contributed by atoms with Crippen LogP contribution in [0.1, 0.15) is 46.3 Å². The summed E-state index contributed by atoms with van der Waals surface area (Å²) in [6, 6.07) is 23.3. The van der Waals surface area contributed by atoms with E-state index in [0.29, 0.717) is 30.8 Å². The Morgan fingerprint density at radius 1 is 0.976 bits per heavy atom. The summed E-state index contributed by atoms with van der Waals surface area (Å²) < 4.78 is 6.64. The number of imide groups is 1. The highest BCUT2D eigenvalue weighted by atomic mass is 35.5. The Labute approximate surface area is 244 Å². The van der Waals surface area contributed by atoms with Gasteiger partial charge in [0, 0.05) is 55.8 Å². The van der Waals surface area contributed by atoms with Gasteiger partial charge in [0.05, 0.1) is 0 Å². The predicted molar refractivity (Wildman–Crippen MR) is 155 cm³/mol. The van der Waals surface area contributed by atoms with Gasteiger partial charge in [-0.25, -0.2) is 0 Å². The average Bonchev–Trinajstić information content (AvgIpc) is 3.29. The Hall–Kier alpha value is -3.72. The lowest BCUT2D eigenvalue weighted by Crippen LogP contribution is -2.54. The van der Waals surface area contributed by atoms with E-state index in [0.717, 1.165) is 42.2 Å². The summed E-state index contributed by atoms with van der Waals surface area (Å²) in [4.78, 5) is 41.1. The fraction of sp³-hybridized carbons (Fsp3) is 0.344. The molecular weight excluding hydrogens is 540 g/mol. The molecule has 0 spiro atoms. The fourth-order valence-corrected chi connectivity index (χ4v) is 6.20. The van der Waals surface area contributed by atoms with Crippen molar-refractivity contribution in [1.82, 2.24) is 20.4 Å². The zero-order valence-electron chi connectivity index (χ0n) is 22.7. The van der Waals surface area contributed by atoms with E-state index in [1.807, 2.05) is 42.5 Å². The number of carbonyl (C=O) groups is 3.